The first-order chi connectivity index (χ1) is 8.07. The summed E-state index contributed by atoms with van der Waals surface area (Å²) < 4.78 is 13.6. The highest BCUT2D eigenvalue weighted by Crippen LogP contribution is 2.48. The molecule has 0 radical (unpaired) electrons. The van der Waals surface area contributed by atoms with Crippen molar-refractivity contribution in [2.45, 2.75) is 39.5 Å². The molecule has 1 heteroatoms. The van der Waals surface area contributed by atoms with Crippen molar-refractivity contribution in [3.63, 3.8) is 0 Å². The van der Waals surface area contributed by atoms with Crippen molar-refractivity contribution in [1.29, 1.82) is 0 Å². The third kappa shape index (κ3) is 2.29. The molecule has 0 aromatic heterocycles. The normalized spacial score (nSPS) is 28.6. The predicted molar refractivity (Wildman–Crippen MR) is 70.4 cm³/mol. The molecule has 0 nitrogen and oxygen atoms in total. The lowest BCUT2D eigenvalue weighted by molar-refractivity contribution is 0.395. The van der Waals surface area contributed by atoms with Crippen LogP contribution in [0.5, 0.6) is 0 Å². The van der Waals surface area contributed by atoms with Gasteiger partial charge in [-0.1, -0.05) is 44.2 Å². The van der Waals surface area contributed by atoms with Crippen LogP contribution in [-0.4, -0.2) is 0 Å². The van der Waals surface area contributed by atoms with E-state index in [0.29, 0.717) is 5.92 Å². The van der Waals surface area contributed by atoms with Crippen molar-refractivity contribution in [3.05, 3.63) is 47.8 Å². The Morgan fingerprint density at radius 2 is 2.12 bits per heavy atom. The summed E-state index contributed by atoms with van der Waals surface area (Å²) in [5, 5.41) is 0. The van der Waals surface area contributed by atoms with Crippen LogP contribution in [-0.2, 0) is 6.42 Å². The van der Waals surface area contributed by atoms with E-state index in [1.54, 1.807) is 12.1 Å². The van der Waals surface area contributed by atoms with Gasteiger partial charge in [-0.05, 0) is 48.6 Å². The van der Waals surface area contributed by atoms with Crippen LogP contribution in [0.2, 0.25) is 0 Å². The van der Waals surface area contributed by atoms with Crippen LogP contribution in [0.15, 0.2) is 36.4 Å². The molecule has 1 aromatic rings. The minimum Gasteiger partial charge on any atom is -0.207 e. The Morgan fingerprint density at radius 3 is 2.71 bits per heavy atom. The highest BCUT2D eigenvalue weighted by atomic mass is 19.1. The molecule has 1 aliphatic carbocycles. The lowest BCUT2D eigenvalue weighted by Gasteiger charge is -2.25. The summed E-state index contributed by atoms with van der Waals surface area (Å²) in [6.07, 6.45) is 4.29. The smallest absolute Gasteiger partial charge is 0.126 e. The maximum Gasteiger partial charge on any atom is 0.126 e. The van der Waals surface area contributed by atoms with Gasteiger partial charge in [-0.2, -0.15) is 0 Å². The summed E-state index contributed by atoms with van der Waals surface area (Å²) >= 11 is 0. The van der Waals surface area contributed by atoms with Crippen LogP contribution in [0, 0.1) is 17.2 Å². The lowest BCUT2D eigenvalue weighted by atomic mass is 9.80. The fourth-order valence-electron chi connectivity index (χ4n) is 2.88. The van der Waals surface area contributed by atoms with Gasteiger partial charge in [0.2, 0.25) is 0 Å². The molecule has 1 saturated carbocycles. The standard InChI is InChI=1S/C16H21F/c1-4-16(3)10-9-13(12(16)2)11-14-7-5-6-8-15(14)17/h5-8,13H,2,4,9-11H2,1,3H3. The van der Waals surface area contributed by atoms with E-state index < -0.39 is 0 Å². The van der Waals surface area contributed by atoms with Crippen molar-refractivity contribution >= 4 is 0 Å². The minimum atomic E-state index is -0.0783. The number of benzene rings is 1. The SMILES string of the molecule is C=C1C(Cc2ccccc2F)CCC1(C)CC. The molecule has 1 aromatic carbocycles. The highest BCUT2D eigenvalue weighted by Gasteiger charge is 2.37. The quantitative estimate of drug-likeness (QED) is 0.660. The number of hydrogen-bond donors (Lipinski definition) is 0. The molecule has 1 fully saturated rings. The molecular formula is C16H21F. The first-order valence-corrected chi connectivity index (χ1v) is 6.49. The van der Waals surface area contributed by atoms with E-state index in [9.17, 15) is 4.39 Å². The monoisotopic (exact) mass is 232 g/mol. The summed E-state index contributed by atoms with van der Waals surface area (Å²) in [6, 6.07) is 7.10. The van der Waals surface area contributed by atoms with Crippen LogP contribution in [0.3, 0.4) is 0 Å². The molecule has 0 bridgehead atoms. The van der Waals surface area contributed by atoms with E-state index in [-0.39, 0.29) is 11.2 Å². The Kier molecular flexibility index (Phi) is 3.37. The molecule has 0 aliphatic heterocycles. The molecule has 17 heavy (non-hydrogen) atoms. The number of halogens is 1. The lowest BCUT2D eigenvalue weighted by Crippen LogP contribution is -2.14. The number of rotatable bonds is 3. The maximum absolute atomic E-state index is 13.6. The Bertz CT molecular complexity index is 421. The molecule has 2 unspecified atom stereocenters. The molecule has 0 saturated heterocycles. The zero-order valence-corrected chi connectivity index (χ0v) is 10.8. The second-order valence-electron chi connectivity index (χ2n) is 5.47. The van der Waals surface area contributed by atoms with Gasteiger partial charge in [-0.3, -0.25) is 0 Å². The third-order valence-electron chi connectivity index (χ3n) is 4.52. The number of allylic oxidation sites excluding steroid dienone is 1. The van der Waals surface area contributed by atoms with E-state index in [2.05, 4.69) is 20.4 Å². The summed E-state index contributed by atoms with van der Waals surface area (Å²) in [5.74, 6) is 0.377. The first kappa shape index (κ1) is 12.3. The van der Waals surface area contributed by atoms with E-state index in [4.69, 9.17) is 0 Å². The third-order valence-corrected chi connectivity index (χ3v) is 4.52. The van der Waals surface area contributed by atoms with Crippen molar-refractivity contribution < 1.29 is 4.39 Å². The second-order valence-corrected chi connectivity index (χ2v) is 5.47. The van der Waals surface area contributed by atoms with Crippen molar-refractivity contribution in [1.82, 2.24) is 0 Å². The second kappa shape index (κ2) is 4.64. The van der Waals surface area contributed by atoms with Gasteiger partial charge in [0.1, 0.15) is 5.82 Å². The van der Waals surface area contributed by atoms with Crippen molar-refractivity contribution in [3.8, 4) is 0 Å². The minimum absolute atomic E-state index is 0.0783. The molecule has 2 atom stereocenters. The van der Waals surface area contributed by atoms with E-state index in [1.165, 1.54) is 12.0 Å². The summed E-state index contributed by atoms with van der Waals surface area (Å²) in [4.78, 5) is 0. The molecular weight excluding hydrogens is 211 g/mol. The molecule has 0 spiro atoms. The van der Waals surface area contributed by atoms with Gasteiger partial charge >= 0.3 is 0 Å². The van der Waals surface area contributed by atoms with Gasteiger partial charge in [0.25, 0.3) is 0 Å². The van der Waals surface area contributed by atoms with Gasteiger partial charge in [-0.15, -0.1) is 0 Å². The fraction of sp³-hybridized carbons (Fsp3) is 0.500. The molecule has 1 aliphatic rings. The Hall–Kier alpha value is -1.11. The topological polar surface area (TPSA) is 0 Å². The fourth-order valence-corrected chi connectivity index (χ4v) is 2.88. The van der Waals surface area contributed by atoms with Crippen LogP contribution in [0.25, 0.3) is 0 Å². The van der Waals surface area contributed by atoms with Gasteiger partial charge in [0.05, 0.1) is 0 Å². The first-order valence-electron chi connectivity index (χ1n) is 6.49. The molecule has 0 amide bonds. The highest BCUT2D eigenvalue weighted by molar-refractivity contribution is 5.24. The van der Waals surface area contributed by atoms with Gasteiger partial charge in [0, 0.05) is 0 Å². The average Bonchev–Trinajstić information content (AvgIpc) is 2.61. The van der Waals surface area contributed by atoms with Crippen molar-refractivity contribution in [2.24, 2.45) is 11.3 Å². The average molecular weight is 232 g/mol. The van der Waals surface area contributed by atoms with Gasteiger partial charge < -0.3 is 0 Å². The molecule has 0 heterocycles. The summed E-state index contributed by atoms with van der Waals surface area (Å²) in [7, 11) is 0. The van der Waals surface area contributed by atoms with Crippen LogP contribution in [0.1, 0.15) is 38.7 Å². The van der Waals surface area contributed by atoms with Crippen LogP contribution < -0.4 is 0 Å². The van der Waals surface area contributed by atoms with Crippen LogP contribution >= 0.6 is 0 Å². The molecule has 92 valence electrons. The predicted octanol–water partition coefficient (Wildman–Crippen LogP) is 4.75. The Balaban J connectivity index is 2.12. The molecule has 2 rings (SSSR count). The van der Waals surface area contributed by atoms with Crippen molar-refractivity contribution in [2.75, 3.05) is 0 Å². The van der Waals surface area contributed by atoms with Gasteiger partial charge in [-0.25, -0.2) is 4.39 Å². The Morgan fingerprint density at radius 1 is 1.41 bits per heavy atom. The van der Waals surface area contributed by atoms with E-state index in [0.717, 1.165) is 24.8 Å². The zero-order valence-electron chi connectivity index (χ0n) is 10.8. The van der Waals surface area contributed by atoms with Gasteiger partial charge in [0.15, 0.2) is 0 Å². The Labute approximate surface area is 104 Å². The summed E-state index contributed by atoms with van der Waals surface area (Å²) in [6.45, 7) is 8.77. The largest absolute Gasteiger partial charge is 0.207 e. The zero-order chi connectivity index (χ0) is 12.5. The summed E-state index contributed by atoms with van der Waals surface area (Å²) in [5.41, 5.74) is 2.43. The van der Waals surface area contributed by atoms with E-state index in [1.807, 2.05) is 12.1 Å². The van der Waals surface area contributed by atoms with E-state index >= 15 is 0 Å². The maximum atomic E-state index is 13.6. The van der Waals surface area contributed by atoms with Crippen LogP contribution in [0.4, 0.5) is 4.39 Å². The number of hydrogen-bond acceptors (Lipinski definition) is 0. The molecule has 0 N–H and O–H groups in total.